The lowest BCUT2D eigenvalue weighted by Gasteiger charge is -2.45. The van der Waals surface area contributed by atoms with Crippen molar-refractivity contribution in [1.29, 1.82) is 0 Å². The van der Waals surface area contributed by atoms with Crippen LogP contribution in [0.4, 0.5) is 26.3 Å². The van der Waals surface area contributed by atoms with Gasteiger partial charge in [-0.15, -0.1) is 0 Å². The van der Waals surface area contributed by atoms with Gasteiger partial charge in [-0.2, -0.15) is 26.3 Å². The second-order valence-electron chi connectivity index (χ2n) is 9.26. The number of fused-ring (bicyclic) bond motifs is 1. The number of rotatable bonds is 3. The lowest BCUT2D eigenvalue weighted by Crippen LogP contribution is -2.54. The monoisotopic (exact) mass is 581 g/mol. The van der Waals surface area contributed by atoms with Crippen LogP contribution in [-0.4, -0.2) is 101 Å². The third-order valence-electron chi connectivity index (χ3n) is 6.94. The summed E-state index contributed by atoms with van der Waals surface area (Å²) < 4.78 is 68.8. The van der Waals surface area contributed by atoms with Crippen LogP contribution in [0.1, 0.15) is 36.0 Å². The lowest BCUT2D eigenvalue weighted by molar-refractivity contribution is -0.193. The molecule has 4 rings (SSSR count). The number of alkyl halides is 6. The van der Waals surface area contributed by atoms with Gasteiger partial charge in [-0.3, -0.25) is 14.7 Å². The molecule has 9 nitrogen and oxygen atoms in total. The highest BCUT2D eigenvalue weighted by Crippen LogP contribution is 2.40. The Morgan fingerprint density at radius 1 is 0.975 bits per heavy atom. The maximum absolute atomic E-state index is 13.1. The zero-order valence-electron chi connectivity index (χ0n) is 21.6. The Kier molecular flexibility index (Phi) is 10.9. The first-order valence-corrected chi connectivity index (χ1v) is 12.0. The zero-order valence-corrected chi connectivity index (χ0v) is 21.6. The molecule has 3 heterocycles. The van der Waals surface area contributed by atoms with Crippen molar-refractivity contribution in [1.82, 2.24) is 14.8 Å². The second-order valence-corrected chi connectivity index (χ2v) is 9.26. The first kappa shape index (κ1) is 32.8. The van der Waals surface area contributed by atoms with Gasteiger partial charge in [-0.25, -0.2) is 9.59 Å². The number of likely N-dealkylation sites (tertiary alicyclic amines) is 2. The standard InChI is InChI=1S/C21H27N3O2.2C2HF3O2/c1-23-16(15-26-2)7-9-21(23)10-13-24(14-11-21)20(25)18-8-12-22-19-6-4-3-5-17(18)19;2*3-2(4,5)1(6)7/h3-6,8,12,16H,7,9-11,13-15H2,1-2H3;2*(H,6,7). The number of para-hydroxylation sites is 1. The third kappa shape index (κ3) is 8.27. The van der Waals surface area contributed by atoms with Crippen molar-refractivity contribution in [2.24, 2.45) is 0 Å². The van der Waals surface area contributed by atoms with E-state index in [-0.39, 0.29) is 11.4 Å². The Labute approximate surface area is 225 Å². The smallest absolute Gasteiger partial charge is 0.475 e. The third-order valence-corrected chi connectivity index (χ3v) is 6.94. The van der Waals surface area contributed by atoms with Gasteiger partial charge in [0, 0.05) is 43.4 Å². The number of piperidine rings is 1. The van der Waals surface area contributed by atoms with E-state index >= 15 is 0 Å². The molecule has 2 N–H and O–H groups in total. The summed E-state index contributed by atoms with van der Waals surface area (Å²) in [7, 11) is 4.00. The van der Waals surface area contributed by atoms with Gasteiger partial charge in [0.05, 0.1) is 17.7 Å². The van der Waals surface area contributed by atoms with Crippen LogP contribution in [0.5, 0.6) is 0 Å². The summed E-state index contributed by atoms with van der Waals surface area (Å²) in [6.45, 7) is 2.43. The molecular weight excluding hydrogens is 552 g/mol. The highest BCUT2D eigenvalue weighted by molar-refractivity contribution is 6.06. The Morgan fingerprint density at radius 3 is 2.00 bits per heavy atom. The van der Waals surface area contributed by atoms with Crippen molar-refractivity contribution in [3.05, 3.63) is 42.1 Å². The van der Waals surface area contributed by atoms with E-state index in [0.717, 1.165) is 49.0 Å². The quantitative estimate of drug-likeness (QED) is 0.518. The van der Waals surface area contributed by atoms with E-state index in [1.807, 2.05) is 35.2 Å². The minimum absolute atomic E-state index is 0.132. The van der Waals surface area contributed by atoms with Crippen molar-refractivity contribution in [3.63, 3.8) is 0 Å². The molecule has 1 amide bonds. The van der Waals surface area contributed by atoms with Gasteiger partial charge < -0.3 is 19.8 Å². The number of benzene rings is 1. The van der Waals surface area contributed by atoms with Crippen molar-refractivity contribution in [3.8, 4) is 0 Å². The first-order valence-electron chi connectivity index (χ1n) is 12.0. The molecule has 2 fully saturated rings. The van der Waals surface area contributed by atoms with E-state index in [9.17, 15) is 31.1 Å². The molecule has 1 aromatic carbocycles. The van der Waals surface area contributed by atoms with Crippen LogP contribution >= 0.6 is 0 Å². The number of pyridine rings is 1. The second kappa shape index (κ2) is 13.3. The molecule has 1 aromatic heterocycles. The minimum atomic E-state index is -5.08. The van der Waals surface area contributed by atoms with Gasteiger partial charge in [0.15, 0.2) is 0 Å². The Morgan fingerprint density at radius 2 is 1.50 bits per heavy atom. The molecule has 1 unspecified atom stereocenters. The van der Waals surface area contributed by atoms with E-state index in [4.69, 9.17) is 24.5 Å². The number of halogens is 6. The lowest BCUT2D eigenvalue weighted by atomic mass is 9.85. The topological polar surface area (TPSA) is 120 Å². The van der Waals surface area contributed by atoms with E-state index in [1.165, 1.54) is 12.8 Å². The molecule has 2 aliphatic rings. The highest BCUT2D eigenvalue weighted by atomic mass is 19.4. The van der Waals surface area contributed by atoms with Crippen LogP contribution in [0.25, 0.3) is 10.9 Å². The summed E-state index contributed by atoms with van der Waals surface area (Å²) in [5, 5.41) is 15.2. The Hall–Kier alpha value is -3.46. The number of nitrogens with zero attached hydrogens (tertiary/aromatic N) is 3. The van der Waals surface area contributed by atoms with Gasteiger partial charge in [-0.05, 0) is 44.9 Å². The van der Waals surface area contributed by atoms with Crippen LogP contribution in [0.15, 0.2) is 36.5 Å². The molecule has 1 atom stereocenters. The van der Waals surface area contributed by atoms with E-state index in [2.05, 4.69) is 16.9 Å². The fraction of sp³-hybridized carbons (Fsp3) is 0.520. The molecule has 0 radical (unpaired) electrons. The minimum Gasteiger partial charge on any atom is -0.475 e. The van der Waals surface area contributed by atoms with Gasteiger partial charge in [0.2, 0.25) is 0 Å². The van der Waals surface area contributed by atoms with Gasteiger partial charge in [-0.1, -0.05) is 18.2 Å². The molecule has 2 aromatic rings. The summed E-state index contributed by atoms with van der Waals surface area (Å²) in [6, 6.07) is 10.2. The number of ether oxygens (including phenoxy) is 1. The Bertz CT molecular complexity index is 1150. The summed E-state index contributed by atoms with van der Waals surface area (Å²) in [5.41, 5.74) is 1.88. The van der Waals surface area contributed by atoms with Crippen LogP contribution < -0.4 is 0 Å². The van der Waals surface area contributed by atoms with Crippen LogP contribution in [-0.2, 0) is 14.3 Å². The maximum atomic E-state index is 13.1. The molecule has 222 valence electrons. The molecule has 40 heavy (non-hydrogen) atoms. The summed E-state index contributed by atoms with van der Waals surface area (Å²) in [5.74, 6) is -5.38. The molecule has 15 heteroatoms. The number of likely N-dealkylation sites (N-methyl/N-ethyl adjacent to an activating group) is 1. The number of hydrogen-bond acceptors (Lipinski definition) is 6. The number of carbonyl (C=O) groups is 3. The number of methoxy groups -OCH3 is 1. The molecule has 0 aliphatic carbocycles. The Balaban J connectivity index is 0.000000333. The summed E-state index contributed by atoms with van der Waals surface area (Å²) in [4.78, 5) is 39.8. The number of aliphatic carboxylic acids is 2. The number of carboxylic acids is 2. The predicted octanol–water partition coefficient (Wildman–Crippen LogP) is 4.22. The van der Waals surface area contributed by atoms with Crippen LogP contribution in [0.3, 0.4) is 0 Å². The van der Waals surface area contributed by atoms with Crippen molar-refractivity contribution in [2.45, 2.75) is 49.6 Å². The van der Waals surface area contributed by atoms with Crippen molar-refractivity contribution < 1.29 is 55.7 Å². The number of hydrogen-bond donors (Lipinski definition) is 2. The summed E-state index contributed by atoms with van der Waals surface area (Å²) in [6.07, 6.45) is -3.96. The van der Waals surface area contributed by atoms with E-state index in [1.54, 1.807) is 13.3 Å². The van der Waals surface area contributed by atoms with Crippen molar-refractivity contribution >= 4 is 28.7 Å². The molecule has 2 aliphatic heterocycles. The van der Waals surface area contributed by atoms with E-state index < -0.39 is 24.3 Å². The van der Waals surface area contributed by atoms with Gasteiger partial charge >= 0.3 is 24.3 Å². The number of carbonyl (C=O) groups excluding carboxylic acids is 1. The molecule has 0 bridgehead atoms. The van der Waals surface area contributed by atoms with Crippen molar-refractivity contribution in [2.75, 3.05) is 33.9 Å². The fourth-order valence-corrected chi connectivity index (χ4v) is 4.76. The van der Waals surface area contributed by atoms with Crippen LogP contribution in [0.2, 0.25) is 0 Å². The fourth-order valence-electron chi connectivity index (χ4n) is 4.76. The average molecular weight is 582 g/mol. The van der Waals surface area contributed by atoms with E-state index in [0.29, 0.717) is 6.04 Å². The normalized spacial score (nSPS) is 18.9. The largest absolute Gasteiger partial charge is 0.490 e. The molecule has 0 saturated carbocycles. The van der Waals surface area contributed by atoms with Crippen LogP contribution in [0, 0.1) is 0 Å². The first-order chi connectivity index (χ1) is 18.5. The summed E-state index contributed by atoms with van der Waals surface area (Å²) >= 11 is 0. The van der Waals surface area contributed by atoms with Gasteiger partial charge in [0.1, 0.15) is 0 Å². The predicted molar refractivity (Wildman–Crippen MR) is 130 cm³/mol. The SMILES string of the molecule is COCC1CCC2(CCN(C(=O)c3ccnc4ccccc34)CC2)N1C.O=C(O)C(F)(F)F.O=C(O)C(F)(F)F. The number of amides is 1. The number of carboxylic acid groups (broad SMARTS) is 2. The van der Waals surface area contributed by atoms with Gasteiger partial charge in [0.25, 0.3) is 5.91 Å². The molecule has 2 saturated heterocycles. The number of aromatic nitrogens is 1. The maximum Gasteiger partial charge on any atom is 0.490 e. The zero-order chi connectivity index (χ0) is 30.3. The molecule has 1 spiro atoms. The average Bonchev–Trinajstić information content (AvgIpc) is 3.18. The highest BCUT2D eigenvalue weighted by Gasteiger charge is 2.46. The molecular formula is C25H29F6N3O6.